The number of nitrogens with one attached hydrogen (secondary N) is 3. The topological polar surface area (TPSA) is 219 Å². The standard InChI is InChI=1S/C55H102N4O11S/c1-9-11-13-15-17-19-21-23-25-27-29-31-33-35-49(62)67-41-44(68-50(63)36-34-32-30-28-26-24-22-20-18-16-14-12-10-2)42-71-43-45(56)52(65)58-39-47(60)57-40-48(61)59-46(53(66)70-55(6,7)8)37-38-51(64)69-54(3,4)5/h44-46H,9-43,56H2,1-8H3,(H,57,60)(H,58,65)(H,59,61)/t44-,45+,46+/m1/s1. The third-order valence-electron chi connectivity index (χ3n) is 11.6. The zero-order valence-electron chi connectivity index (χ0n) is 46.0. The van der Waals surface area contributed by atoms with E-state index in [-0.39, 0.29) is 49.3 Å². The Bertz CT molecular complexity index is 1450. The number of carbonyl (C=O) groups is 7. The molecule has 3 amide bonds. The maximum Gasteiger partial charge on any atom is 0.329 e. The summed E-state index contributed by atoms with van der Waals surface area (Å²) in [5.74, 6) is -3.58. The lowest BCUT2D eigenvalue weighted by atomic mass is 10.0. The Morgan fingerprint density at radius 3 is 1.37 bits per heavy atom. The molecule has 0 rings (SSSR count). The van der Waals surface area contributed by atoms with Crippen molar-refractivity contribution in [3.05, 3.63) is 0 Å². The average molecular weight is 1030 g/mol. The van der Waals surface area contributed by atoms with Crippen molar-refractivity contribution in [3.63, 3.8) is 0 Å². The van der Waals surface area contributed by atoms with Gasteiger partial charge in [0.25, 0.3) is 0 Å². The summed E-state index contributed by atoms with van der Waals surface area (Å²) >= 11 is 1.27. The number of carbonyl (C=O) groups excluding carboxylic acids is 7. The zero-order chi connectivity index (χ0) is 53.2. The lowest BCUT2D eigenvalue weighted by Gasteiger charge is -2.25. The molecule has 16 heteroatoms. The molecule has 414 valence electrons. The summed E-state index contributed by atoms with van der Waals surface area (Å²) in [6.45, 7) is 13.6. The predicted octanol–water partition coefficient (Wildman–Crippen LogP) is 10.6. The quantitative estimate of drug-likeness (QED) is 0.0254. The Morgan fingerprint density at radius 1 is 0.493 bits per heavy atom. The molecule has 0 aliphatic carbocycles. The fraction of sp³-hybridized carbons (Fsp3) is 0.873. The molecule has 71 heavy (non-hydrogen) atoms. The second-order valence-electron chi connectivity index (χ2n) is 21.2. The molecule has 0 radical (unpaired) electrons. The second-order valence-corrected chi connectivity index (χ2v) is 22.3. The molecule has 0 aromatic rings. The number of thioether (sulfide) groups is 1. The summed E-state index contributed by atoms with van der Waals surface area (Å²) in [6.07, 6.45) is 31.0. The van der Waals surface area contributed by atoms with Crippen LogP contribution in [0.15, 0.2) is 0 Å². The van der Waals surface area contributed by atoms with Crippen molar-refractivity contribution in [2.75, 3.05) is 31.2 Å². The van der Waals surface area contributed by atoms with Crippen molar-refractivity contribution in [2.24, 2.45) is 5.73 Å². The highest BCUT2D eigenvalue weighted by atomic mass is 32.2. The maximum absolute atomic E-state index is 12.9. The SMILES string of the molecule is CCCCCCCCCCCCCCCC(=O)OC[C@H](CSC[C@H](N)C(=O)NCC(=O)NCC(=O)N[C@@H](CCC(=O)OC(C)(C)C)C(=O)OC(C)(C)C)OC(=O)CCCCCCCCCCCCCCC. The molecule has 3 atom stereocenters. The molecule has 0 aromatic heterocycles. The van der Waals surface area contributed by atoms with Gasteiger partial charge in [0, 0.05) is 30.8 Å². The molecule has 5 N–H and O–H groups in total. The third-order valence-corrected chi connectivity index (χ3v) is 12.8. The van der Waals surface area contributed by atoms with Crippen LogP contribution in [0.3, 0.4) is 0 Å². The van der Waals surface area contributed by atoms with E-state index in [0.29, 0.717) is 6.42 Å². The minimum Gasteiger partial charge on any atom is -0.462 e. The van der Waals surface area contributed by atoms with Crippen LogP contribution < -0.4 is 21.7 Å². The largest absolute Gasteiger partial charge is 0.462 e. The van der Waals surface area contributed by atoms with Crippen LogP contribution in [-0.4, -0.2) is 102 Å². The van der Waals surface area contributed by atoms with Gasteiger partial charge >= 0.3 is 23.9 Å². The van der Waals surface area contributed by atoms with Gasteiger partial charge in [-0.1, -0.05) is 168 Å². The molecule has 0 aliphatic rings. The molecule has 0 fully saturated rings. The smallest absolute Gasteiger partial charge is 0.329 e. The minimum absolute atomic E-state index is 0.0805. The molecule has 0 saturated heterocycles. The molecular weight excluding hydrogens is 925 g/mol. The first-order chi connectivity index (χ1) is 33.8. The maximum atomic E-state index is 12.9. The molecule has 0 unspecified atom stereocenters. The number of rotatable bonds is 45. The van der Waals surface area contributed by atoms with Crippen molar-refractivity contribution >= 4 is 53.4 Å². The Kier molecular flexibility index (Phi) is 41.0. The zero-order valence-corrected chi connectivity index (χ0v) is 46.8. The highest BCUT2D eigenvalue weighted by Crippen LogP contribution is 2.18. The van der Waals surface area contributed by atoms with E-state index in [1.54, 1.807) is 41.5 Å². The summed E-state index contributed by atoms with van der Waals surface area (Å²) in [5, 5.41) is 7.36. The Labute approximate surface area is 434 Å². The Morgan fingerprint density at radius 2 is 0.915 bits per heavy atom. The van der Waals surface area contributed by atoms with E-state index in [1.807, 2.05) is 0 Å². The third kappa shape index (κ3) is 45.0. The number of unbranched alkanes of at least 4 members (excludes halogenated alkanes) is 24. The van der Waals surface area contributed by atoms with E-state index in [1.165, 1.54) is 134 Å². The highest BCUT2D eigenvalue weighted by molar-refractivity contribution is 7.99. The van der Waals surface area contributed by atoms with Crippen molar-refractivity contribution in [2.45, 2.75) is 277 Å². The van der Waals surface area contributed by atoms with Crippen molar-refractivity contribution < 1.29 is 52.5 Å². The molecule has 0 saturated carbocycles. The van der Waals surface area contributed by atoms with E-state index in [0.717, 1.165) is 44.9 Å². The molecule has 0 aliphatic heterocycles. The first-order valence-electron chi connectivity index (χ1n) is 27.7. The van der Waals surface area contributed by atoms with E-state index in [9.17, 15) is 33.6 Å². The van der Waals surface area contributed by atoms with Gasteiger partial charge in [-0.25, -0.2) is 4.79 Å². The predicted molar refractivity (Wildman–Crippen MR) is 286 cm³/mol. The van der Waals surface area contributed by atoms with Gasteiger partial charge in [0.05, 0.1) is 19.1 Å². The lowest BCUT2D eigenvalue weighted by molar-refractivity contribution is -0.160. The van der Waals surface area contributed by atoms with E-state index < -0.39 is 72.1 Å². The van der Waals surface area contributed by atoms with Gasteiger partial charge in [-0.3, -0.25) is 28.8 Å². The molecule has 0 heterocycles. The van der Waals surface area contributed by atoms with Crippen LogP contribution in [0.25, 0.3) is 0 Å². The van der Waals surface area contributed by atoms with Crippen molar-refractivity contribution in [1.82, 2.24) is 16.0 Å². The average Bonchev–Trinajstić information content (AvgIpc) is 3.29. The lowest BCUT2D eigenvalue weighted by Crippen LogP contribution is -2.50. The highest BCUT2D eigenvalue weighted by Gasteiger charge is 2.29. The summed E-state index contributed by atoms with van der Waals surface area (Å²) in [6, 6.07) is -2.19. The van der Waals surface area contributed by atoms with Crippen molar-refractivity contribution in [1.29, 1.82) is 0 Å². The van der Waals surface area contributed by atoms with Gasteiger partial charge in [0.2, 0.25) is 17.7 Å². The molecule has 15 nitrogen and oxygen atoms in total. The fourth-order valence-corrected chi connectivity index (χ4v) is 8.63. The summed E-state index contributed by atoms with van der Waals surface area (Å²) in [7, 11) is 0. The van der Waals surface area contributed by atoms with Gasteiger partial charge in [0.15, 0.2) is 0 Å². The minimum atomic E-state index is -1.17. The van der Waals surface area contributed by atoms with Crippen LogP contribution in [0.5, 0.6) is 0 Å². The number of ether oxygens (including phenoxy) is 4. The normalized spacial score (nSPS) is 12.9. The van der Waals surface area contributed by atoms with Crippen LogP contribution in [0.4, 0.5) is 0 Å². The van der Waals surface area contributed by atoms with E-state index in [2.05, 4.69) is 29.8 Å². The Balaban J connectivity index is 4.93. The summed E-state index contributed by atoms with van der Waals surface area (Å²) in [4.78, 5) is 88.9. The number of nitrogens with two attached hydrogens (primary N) is 1. The van der Waals surface area contributed by atoms with Crippen LogP contribution in [0.2, 0.25) is 0 Å². The van der Waals surface area contributed by atoms with E-state index >= 15 is 0 Å². The first kappa shape index (κ1) is 67.6. The molecular formula is C55H102N4O11S. The number of amides is 3. The van der Waals surface area contributed by atoms with Crippen LogP contribution in [0.1, 0.15) is 248 Å². The fourth-order valence-electron chi connectivity index (χ4n) is 7.66. The van der Waals surface area contributed by atoms with Crippen LogP contribution in [0, 0.1) is 0 Å². The van der Waals surface area contributed by atoms with Gasteiger partial charge in [-0.05, 0) is 60.8 Å². The Hall–Kier alpha value is -3.40. The van der Waals surface area contributed by atoms with Gasteiger partial charge in [-0.15, -0.1) is 0 Å². The number of hydrogen-bond acceptors (Lipinski definition) is 13. The number of esters is 4. The summed E-state index contributed by atoms with van der Waals surface area (Å²) < 4.78 is 22.1. The van der Waals surface area contributed by atoms with Crippen molar-refractivity contribution in [3.8, 4) is 0 Å². The first-order valence-corrected chi connectivity index (χ1v) is 28.9. The van der Waals surface area contributed by atoms with Gasteiger partial charge in [0.1, 0.15) is 30.0 Å². The van der Waals surface area contributed by atoms with Gasteiger partial charge in [-0.2, -0.15) is 11.8 Å². The molecule has 0 aromatic carbocycles. The van der Waals surface area contributed by atoms with Crippen LogP contribution in [-0.2, 0) is 52.5 Å². The second kappa shape index (κ2) is 43.0. The molecule has 0 bridgehead atoms. The van der Waals surface area contributed by atoms with Gasteiger partial charge < -0.3 is 40.6 Å². The monoisotopic (exact) mass is 1030 g/mol. The number of hydrogen-bond donors (Lipinski definition) is 4. The molecule has 0 spiro atoms. The summed E-state index contributed by atoms with van der Waals surface area (Å²) in [5.41, 5.74) is 4.57. The van der Waals surface area contributed by atoms with Crippen LogP contribution >= 0.6 is 11.8 Å². The van der Waals surface area contributed by atoms with E-state index in [4.69, 9.17) is 24.7 Å².